The summed E-state index contributed by atoms with van der Waals surface area (Å²) in [5.74, 6) is 0.974. The van der Waals surface area contributed by atoms with Crippen LogP contribution in [0.5, 0.6) is 11.5 Å². The van der Waals surface area contributed by atoms with Crippen LogP contribution in [-0.2, 0) is 4.57 Å². The Morgan fingerprint density at radius 3 is 2.33 bits per heavy atom. The molecule has 0 aliphatic rings. The number of halogens is 2. The summed E-state index contributed by atoms with van der Waals surface area (Å²) in [5, 5.41) is 0. The first kappa shape index (κ1) is 13.5. The van der Waals surface area contributed by atoms with Crippen LogP contribution in [0.2, 0.25) is 0 Å². The van der Waals surface area contributed by atoms with Crippen molar-refractivity contribution in [3.63, 3.8) is 0 Å². The standard InChI is InChI=1S/C12H8Br2O3P/c13-9-6-7-12(11(14)8-9)17-18(15)16-10-4-2-1-3-5-10/h1-8H/q+1. The molecular weight excluding hydrogens is 383 g/mol. The van der Waals surface area contributed by atoms with Gasteiger partial charge in [-0.1, -0.05) is 34.1 Å². The largest absolute Gasteiger partial charge is 0.805 e. The van der Waals surface area contributed by atoms with Gasteiger partial charge < -0.3 is 0 Å². The number of rotatable bonds is 4. The maximum absolute atomic E-state index is 11.7. The van der Waals surface area contributed by atoms with Crippen molar-refractivity contribution in [3.8, 4) is 11.5 Å². The average Bonchev–Trinajstić information content (AvgIpc) is 2.34. The molecule has 3 nitrogen and oxygen atoms in total. The molecule has 2 rings (SSSR count). The van der Waals surface area contributed by atoms with E-state index in [-0.39, 0.29) is 0 Å². The zero-order valence-electron chi connectivity index (χ0n) is 9.05. The Kier molecular flexibility index (Phi) is 4.75. The van der Waals surface area contributed by atoms with Crippen molar-refractivity contribution in [3.05, 3.63) is 57.5 Å². The lowest BCUT2D eigenvalue weighted by Gasteiger charge is -1.97. The summed E-state index contributed by atoms with van der Waals surface area (Å²) in [5.41, 5.74) is 0. The predicted molar refractivity (Wildman–Crippen MR) is 77.1 cm³/mol. The molecule has 2 aromatic rings. The molecule has 0 fully saturated rings. The van der Waals surface area contributed by atoms with Gasteiger partial charge in [-0.2, -0.15) is 0 Å². The van der Waals surface area contributed by atoms with E-state index in [0.29, 0.717) is 16.0 Å². The summed E-state index contributed by atoms with van der Waals surface area (Å²) >= 11 is 6.65. The quantitative estimate of drug-likeness (QED) is 0.662. The molecule has 0 amide bonds. The molecule has 0 saturated carbocycles. The van der Waals surface area contributed by atoms with Crippen LogP contribution in [0.15, 0.2) is 57.5 Å². The van der Waals surface area contributed by atoms with Crippen LogP contribution in [0.3, 0.4) is 0 Å². The minimum atomic E-state index is -2.25. The molecule has 0 saturated heterocycles. The zero-order chi connectivity index (χ0) is 13.0. The molecule has 1 atom stereocenters. The molecule has 0 aliphatic heterocycles. The molecule has 0 aromatic heterocycles. The fourth-order valence-electron chi connectivity index (χ4n) is 1.22. The van der Waals surface area contributed by atoms with Gasteiger partial charge in [0.05, 0.1) is 4.47 Å². The van der Waals surface area contributed by atoms with E-state index in [4.69, 9.17) is 9.05 Å². The first-order valence-corrected chi connectivity index (χ1v) is 7.66. The van der Waals surface area contributed by atoms with E-state index in [9.17, 15) is 4.57 Å². The third kappa shape index (κ3) is 3.80. The summed E-state index contributed by atoms with van der Waals surface area (Å²) in [6, 6.07) is 14.2. The molecule has 0 radical (unpaired) electrons. The van der Waals surface area contributed by atoms with Crippen LogP contribution < -0.4 is 9.05 Å². The van der Waals surface area contributed by atoms with Gasteiger partial charge in [-0.25, -0.2) is 9.05 Å². The van der Waals surface area contributed by atoms with Crippen molar-refractivity contribution in [1.29, 1.82) is 0 Å². The first-order valence-electron chi connectivity index (χ1n) is 4.98. The third-order valence-corrected chi connectivity index (χ3v) is 3.81. The highest BCUT2D eigenvalue weighted by atomic mass is 79.9. The lowest BCUT2D eigenvalue weighted by atomic mass is 10.3. The predicted octanol–water partition coefficient (Wildman–Crippen LogP) is 5.33. The smallest absolute Gasteiger partial charge is 0.222 e. The Labute approximate surface area is 122 Å². The van der Waals surface area contributed by atoms with Crippen molar-refractivity contribution in [1.82, 2.24) is 0 Å². The Morgan fingerprint density at radius 2 is 1.67 bits per heavy atom. The van der Waals surface area contributed by atoms with Gasteiger partial charge in [-0.3, -0.25) is 0 Å². The van der Waals surface area contributed by atoms with Crippen molar-refractivity contribution < 1.29 is 13.6 Å². The van der Waals surface area contributed by atoms with Crippen LogP contribution in [0.1, 0.15) is 0 Å². The topological polar surface area (TPSA) is 35.5 Å². The van der Waals surface area contributed by atoms with Crippen molar-refractivity contribution >= 4 is 40.1 Å². The lowest BCUT2D eigenvalue weighted by Crippen LogP contribution is -1.89. The van der Waals surface area contributed by atoms with E-state index >= 15 is 0 Å². The van der Waals surface area contributed by atoms with Crippen LogP contribution in [0.4, 0.5) is 0 Å². The molecule has 2 aromatic carbocycles. The number of hydrogen-bond donors (Lipinski definition) is 0. The molecule has 18 heavy (non-hydrogen) atoms. The van der Waals surface area contributed by atoms with Crippen LogP contribution in [-0.4, -0.2) is 0 Å². The molecule has 0 heterocycles. The maximum Gasteiger partial charge on any atom is 0.805 e. The summed E-state index contributed by atoms with van der Waals surface area (Å²) in [4.78, 5) is 0. The second-order valence-electron chi connectivity index (χ2n) is 3.29. The van der Waals surface area contributed by atoms with Gasteiger partial charge in [0.25, 0.3) is 0 Å². The number of hydrogen-bond acceptors (Lipinski definition) is 3. The van der Waals surface area contributed by atoms with Crippen molar-refractivity contribution in [2.75, 3.05) is 0 Å². The van der Waals surface area contributed by atoms with Gasteiger partial charge in [0, 0.05) is 9.04 Å². The normalized spacial score (nSPS) is 10.9. The second-order valence-corrected chi connectivity index (χ2v) is 5.88. The van der Waals surface area contributed by atoms with E-state index in [2.05, 4.69) is 31.9 Å². The van der Waals surface area contributed by atoms with E-state index in [1.807, 2.05) is 6.07 Å². The Hall–Kier alpha value is -0.900. The summed E-state index contributed by atoms with van der Waals surface area (Å²) < 4.78 is 23.7. The Bertz CT molecular complexity index is 561. The Morgan fingerprint density at radius 1 is 0.944 bits per heavy atom. The molecule has 0 N–H and O–H groups in total. The van der Waals surface area contributed by atoms with Crippen molar-refractivity contribution in [2.24, 2.45) is 0 Å². The molecule has 0 aliphatic carbocycles. The fourth-order valence-corrected chi connectivity index (χ4v) is 3.12. The highest BCUT2D eigenvalue weighted by Crippen LogP contribution is 2.36. The van der Waals surface area contributed by atoms with Gasteiger partial charge in [-0.15, -0.1) is 0 Å². The van der Waals surface area contributed by atoms with E-state index in [1.165, 1.54) is 0 Å². The van der Waals surface area contributed by atoms with Crippen LogP contribution in [0, 0.1) is 0 Å². The molecule has 1 unspecified atom stereocenters. The van der Waals surface area contributed by atoms with E-state index < -0.39 is 8.25 Å². The minimum absolute atomic E-state index is 0.468. The molecule has 0 spiro atoms. The monoisotopic (exact) mass is 389 g/mol. The van der Waals surface area contributed by atoms with Crippen molar-refractivity contribution in [2.45, 2.75) is 0 Å². The summed E-state index contributed by atoms with van der Waals surface area (Å²) in [6.07, 6.45) is 0. The Balaban J connectivity index is 2.03. The van der Waals surface area contributed by atoms with Gasteiger partial charge in [0.2, 0.25) is 5.75 Å². The third-order valence-electron chi connectivity index (χ3n) is 1.99. The summed E-state index contributed by atoms with van der Waals surface area (Å²) in [6.45, 7) is 0. The summed E-state index contributed by atoms with van der Waals surface area (Å²) in [7, 11) is -2.25. The zero-order valence-corrected chi connectivity index (χ0v) is 13.1. The number of para-hydroxylation sites is 1. The SMILES string of the molecule is O=[P+](Oc1ccccc1)Oc1ccc(Br)cc1Br. The minimum Gasteiger partial charge on any atom is -0.222 e. The highest BCUT2D eigenvalue weighted by Gasteiger charge is 2.25. The van der Waals surface area contributed by atoms with Gasteiger partial charge in [0.15, 0.2) is 5.75 Å². The van der Waals surface area contributed by atoms with E-state index in [0.717, 1.165) is 4.47 Å². The molecule has 0 bridgehead atoms. The number of benzene rings is 2. The van der Waals surface area contributed by atoms with Gasteiger partial charge in [0.1, 0.15) is 0 Å². The van der Waals surface area contributed by atoms with E-state index in [1.54, 1.807) is 42.5 Å². The first-order chi connectivity index (χ1) is 8.65. The molecular formula is C12H8Br2O3P+. The van der Waals surface area contributed by atoms with Crippen LogP contribution in [0.25, 0.3) is 0 Å². The second kappa shape index (κ2) is 6.32. The molecule has 92 valence electrons. The highest BCUT2D eigenvalue weighted by molar-refractivity contribution is 9.11. The van der Waals surface area contributed by atoms with Gasteiger partial charge in [-0.05, 0) is 46.3 Å². The van der Waals surface area contributed by atoms with Gasteiger partial charge >= 0.3 is 8.25 Å². The lowest BCUT2D eigenvalue weighted by molar-refractivity contribution is 0.414. The maximum atomic E-state index is 11.7. The van der Waals surface area contributed by atoms with Crippen LogP contribution >= 0.6 is 40.1 Å². The fraction of sp³-hybridized carbons (Fsp3) is 0. The molecule has 6 heteroatoms. The average molecular weight is 391 g/mol.